The summed E-state index contributed by atoms with van der Waals surface area (Å²) in [4.78, 5) is 14.0. The molecule has 164 valence electrons. The fraction of sp³-hybridized carbons (Fsp3) is 0.632. The first kappa shape index (κ1) is 23.6. The van der Waals surface area contributed by atoms with Crippen molar-refractivity contribution < 1.29 is 26.4 Å². The van der Waals surface area contributed by atoms with Gasteiger partial charge in [-0.25, -0.2) is 8.42 Å². The van der Waals surface area contributed by atoms with E-state index >= 15 is 0 Å². The SMILES string of the molecule is CN(C)C(C)(C)CNC(=O)C1CCN(S(=O)(=O)c2cccc(C(F)(F)F)c2)CC1. The van der Waals surface area contributed by atoms with Gasteiger partial charge >= 0.3 is 6.18 Å². The number of alkyl halides is 3. The van der Waals surface area contributed by atoms with Gasteiger partial charge in [0.15, 0.2) is 0 Å². The fourth-order valence-electron chi connectivity index (χ4n) is 2.95. The Hall–Kier alpha value is -1.65. The normalized spacial score (nSPS) is 17.5. The Morgan fingerprint density at radius 1 is 1.21 bits per heavy atom. The monoisotopic (exact) mass is 435 g/mol. The molecule has 0 spiro atoms. The average Bonchev–Trinajstić information content (AvgIpc) is 2.65. The van der Waals surface area contributed by atoms with Crippen molar-refractivity contribution in [2.24, 2.45) is 5.92 Å². The number of carbonyl (C=O) groups is 1. The van der Waals surface area contributed by atoms with Gasteiger partial charge in [-0.1, -0.05) is 6.07 Å². The van der Waals surface area contributed by atoms with Gasteiger partial charge in [-0.15, -0.1) is 0 Å². The number of amides is 1. The maximum absolute atomic E-state index is 12.9. The summed E-state index contributed by atoms with van der Waals surface area (Å²) in [6.45, 7) is 4.64. The topological polar surface area (TPSA) is 69.7 Å². The summed E-state index contributed by atoms with van der Waals surface area (Å²) in [6, 6.07) is 3.73. The molecule has 1 fully saturated rings. The van der Waals surface area contributed by atoms with E-state index in [1.54, 1.807) is 0 Å². The number of hydrogen-bond donors (Lipinski definition) is 1. The van der Waals surface area contributed by atoms with E-state index in [1.807, 2.05) is 32.8 Å². The maximum atomic E-state index is 12.9. The molecule has 1 saturated heterocycles. The first-order valence-corrected chi connectivity index (χ1v) is 10.8. The number of sulfonamides is 1. The van der Waals surface area contributed by atoms with Crippen molar-refractivity contribution in [3.63, 3.8) is 0 Å². The summed E-state index contributed by atoms with van der Waals surface area (Å²) in [5.41, 5.74) is -1.22. The number of rotatable bonds is 6. The molecule has 0 radical (unpaired) electrons. The lowest BCUT2D eigenvalue weighted by atomic mass is 9.96. The highest BCUT2D eigenvalue weighted by molar-refractivity contribution is 7.89. The minimum absolute atomic E-state index is 0.0910. The summed E-state index contributed by atoms with van der Waals surface area (Å²) in [5, 5.41) is 2.91. The van der Waals surface area contributed by atoms with Gasteiger partial charge in [-0.3, -0.25) is 4.79 Å². The summed E-state index contributed by atoms with van der Waals surface area (Å²) < 4.78 is 65.3. The molecule has 0 saturated carbocycles. The molecule has 1 aromatic carbocycles. The van der Waals surface area contributed by atoms with Crippen LogP contribution in [0.1, 0.15) is 32.3 Å². The number of nitrogens with zero attached hydrogens (tertiary/aromatic N) is 2. The van der Waals surface area contributed by atoms with Crippen molar-refractivity contribution in [3.05, 3.63) is 29.8 Å². The lowest BCUT2D eigenvalue weighted by molar-refractivity contribution is -0.137. The average molecular weight is 436 g/mol. The van der Waals surface area contributed by atoms with Crippen LogP contribution in [0.15, 0.2) is 29.2 Å². The second-order valence-corrected chi connectivity index (χ2v) is 10.1. The quantitative estimate of drug-likeness (QED) is 0.746. The van der Waals surface area contributed by atoms with E-state index in [0.717, 1.165) is 22.5 Å². The number of nitrogens with one attached hydrogen (secondary N) is 1. The zero-order valence-electron chi connectivity index (χ0n) is 17.1. The smallest absolute Gasteiger partial charge is 0.354 e. The van der Waals surface area contributed by atoms with E-state index in [-0.39, 0.29) is 35.3 Å². The van der Waals surface area contributed by atoms with Crippen molar-refractivity contribution >= 4 is 15.9 Å². The highest BCUT2D eigenvalue weighted by Gasteiger charge is 2.35. The van der Waals surface area contributed by atoms with Crippen LogP contribution in [0.2, 0.25) is 0 Å². The molecule has 1 N–H and O–H groups in total. The van der Waals surface area contributed by atoms with Gasteiger partial charge < -0.3 is 10.2 Å². The van der Waals surface area contributed by atoms with E-state index in [9.17, 15) is 26.4 Å². The first-order chi connectivity index (χ1) is 13.2. The van der Waals surface area contributed by atoms with Crippen molar-refractivity contribution in [2.45, 2.75) is 43.3 Å². The van der Waals surface area contributed by atoms with Crippen LogP contribution >= 0.6 is 0 Å². The molecule has 0 unspecified atom stereocenters. The van der Waals surface area contributed by atoms with Crippen LogP contribution in [0.5, 0.6) is 0 Å². The van der Waals surface area contributed by atoms with E-state index in [2.05, 4.69) is 5.32 Å². The second kappa shape index (κ2) is 8.61. The number of benzene rings is 1. The molecule has 1 aliphatic rings. The van der Waals surface area contributed by atoms with E-state index in [0.29, 0.717) is 25.5 Å². The second-order valence-electron chi connectivity index (χ2n) is 8.13. The Kier molecular flexibility index (Phi) is 7.01. The molecule has 1 aliphatic heterocycles. The lowest BCUT2D eigenvalue weighted by Crippen LogP contribution is -2.50. The van der Waals surface area contributed by atoms with E-state index < -0.39 is 21.8 Å². The van der Waals surface area contributed by atoms with Crippen LogP contribution in [-0.4, -0.2) is 62.8 Å². The first-order valence-electron chi connectivity index (χ1n) is 9.38. The largest absolute Gasteiger partial charge is 0.416 e. The Morgan fingerprint density at radius 2 is 1.79 bits per heavy atom. The predicted molar refractivity (Wildman–Crippen MR) is 104 cm³/mol. The van der Waals surface area contributed by atoms with Crippen LogP contribution in [-0.2, 0) is 21.0 Å². The molecule has 1 amide bonds. The van der Waals surface area contributed by atoms with Crippen molar-refractivity contribution in [3.8, 4) is 0 Å². The molecule has 0 aromatic heterocycles. The minimum Gasteiger partial charge on any atom is -0.354 e. The Morgan fingerprint density at radius 3 is 2.31 bits per heavy atom. The van der Waals surface area contributed by atoms with Crippen LogP contribution in [0, 0.1) is 5.92 Å². The summed E-state index contributed by atoms with van der Waals surface area (Å²) in [7, 11) is -0.206. The molecule has 29 heavy (non-hydrogen) atoms. The fourth-order valence-corrected chi connectivity index (χ4v) is 4.46. The molecule has 0 aliphatic carbocycles. The van der Waals surface area contributed by atoms with E-state index in [4.69, 9.17) is 0 Å². The third-order valence-electron chi connectivity index (χ3n) is 5.53. The van der Waals surface area contributed by atoms with E-state index in [1.165, 1.54) is 0 Å². The zero-order valence-corrected chi connectivity index (χ0v) is 17.9. The van der Waals surface area contributed by atoms with Gasteiger partial charge in [0.05, 0.1) is 10.5 Å². The van der Waals surface area contributed by atoms with Crippen molar-refractivity contribution in [1.82, 2.24) is 14.5 Å². The van der Waals surface area contributed by atoms with Crippen molar-refractivity contribution in [2.75, 3.05) is 33.7 Å². The Balaban J connectivity index is 2.00. The van der Waals surface area contributed by atoms with Gasteiger partial charge in [-0.05, 0) is 59.0 Å². The molecule has 6 nitrogen and oxygen atoms in total. The Bertz CT molecular complexity index is 831. The molecule has 10 heteroatoms. The van der Waals surface area contributed by atoms with Crippen LogP contribution in [0.25, 0.3) is 0 Å². The summed E-state index contributed by atoms with van der Waals surface area (Å²) >= 11 is 0. The standard InChI is InChI=1S/C19H28F3N3O3S/c1-18(2,24(3)4)13-23-17(26)14-8-10-25(11-9-14)29(27,28)16-7-5-6-15(12-16)19(20,21)22/h5-7,12,14H,8-11,13H2,1-4H3,(H,23,26). The van der Waals surface area contributed by atoms with Crippen LogP contribution in [0.4, 0.5) is 13.2 Å². The van der Waals surface area contributed by atoms with Gasteiger partial charge in [0.2, 0.25) is 15.9 Å². The van der Waals surface area contributed by atoms with Gasteiger partial charge in [0.1, 0.15) is 0 Å². The predicted octanol–water partition coefficient (Wildman–Crippen LogP) is 2.56. The number of hydrogen-bond acceptors (Lipinski definition) is 4. The van der Waals surface area contributed by atoms with Gasteiger partial charge in [-0.2, -0.15) is 17.5 Å². The number of halogens is 3. The Labute approximate surface area is 170 Å². The molecule has 1 heterocycles. The van der Waals surface area contributed by atoms with Gasteiger partial charge in [0.25, 0.3) is 0 Å². The minimum atomic E-state index is -4.61. The van der Waals surface area contributed by atoms with Gasteiger partial charge in [0, 0.05) is 31.1 Å². The van der Waals surface area contributed by atoms with Crippen LogP contribution < -0.4 is 5.32 Å². The zero-order chi connectivity index (χ0) is 22.0. The molecular formula is C19H28F3N3O3S. The maximum Gasteiger partial charge on any atom is 0.416 e. The third kappa shape index (κ3) is 5.70. The van der Waals surface area contributed by atoms with Crippen LogP contribution in [0.3, 0.4) is 0 Å². The highest BCUT2D eigenvalue weighted by Crippen LogP contribution is 2.32. The number of likely N-dealkylation sites (N-methyl/N-ethyl adjacent to an activating group) is 1. The lowest BCUT2D eigenvalue weighted by Gasteiger charge is -2.34. The highest BCUT2D eigenvalue weighted by atomic mass is 32.2. The summed E-state index contributed by atoms with van der Waals surface area (Å²) in [5.74, 6) is -0.447. The molecule has 2 rings (SSSR count). The number of piperidine rings is 1. The molecule has 1 aromatic rings. The third-order valence-corrected chi connectivity index (χ3v) is 7.42. The molecular weight excluding hydrogens is 407 g/mol. The summed E-state index contributed by atoms with van der Waals surface area (Å²) in [6.07, 6.45) is -3.96. The van der Waals surface area contributed by atoms with Crippen molar-refractivity contribution in [1.29, 1.82) is 0 Å². The number of carbonyl (C=O) groups excluding carboxylic acids is 1. The molecule has 0 bridgehead atoms. The molecule has 0 atom stereocenters.